The van der Waals surface area contributed by atoms with E-state index in [0.29, 0.717) is 6.42 Å². The molecule has 0 aliphatic heterocycles. The first-order valence-electron chi connectivity index (χ1n) is 13.5. The summed E-state index contributed by atoms with van der Waals surface area (Å²) in [6.07, 6.45) is 1.01. The highest BCUT2D eigenvalue weighted by Crippen LogP contribution is 2.65. The van der Waals surface area contributed by atoms with Crippen molar-refractivity contribution in [3.05, 3.63) is 28.8 Å². The topological polar surface area (TPSA) is 158 Å². The fraction of sp³-hybridized carbons (Fsp3) is 0.690. The van der Waals surface area contributed by atoms with Gasteiger partial charge in [0, 0.05) is 5.41 Å². The lowest BCUT2D eigenvalue weighted by atomic mass is 9.39. The smallest absolute Gasteiger partial charge is 0.230 e. The number of hydrogen-bond donors (Lipinski definition) is 5. The van der Waals surface area contributed by atoms with Crippen molar-refractivity contribution in [1.82, 2.24) is 0 Å². The number of ketones is 2. The zero-order chi connectivity index (χ0) is 27.7. The minimum absolute atomic E-state index is 0.137. The second-order valence-electron chi connectivity index (χ2n) is 12.5. The standard InChI is InChI=1S/C29H41NO7/c1-6-7-8-9-15-10-11-17(31)18-16(15)12-27(4)13-28(5)20(14(2)3)23(33)19(26(30)36)24(34)29(28,37)25(35)21(27)22(18)32/h10-11,14,19-21,23,25,31,33,35,37H,6-9,12-13H2,1-5H3,(H2,30,36)/t19-,20+,21-,23?,25?,27-,28-,29+/m1/s1. The molecule has 37 heavy (non-hydrogen) atoms. The van der Waals surface area contributed by atoms with Gasteiger partial charge in [-0.2, -0.15) is 0 Å². The third kappa shape index (κ3) is 3.70. The molecule has 204 valence electrons. The summed E-state index contributed by atoms with van der Waals surface area (Å²) in [5.41, 5.74) is 2.67. The van der Waals surface area contributed by atoms with Crippen LogP contribution >= 0.6 is 0 Å². The Kier molecular flexibility index (Phi) is 6.88. The van der Waals surface area contributed by atoms with E-state index in [-0.39, 0.29) is 23.7 Å². The highest BCUT2D eigenvalue weighted by atomic mass is 16.4. The maximum atomic E-state index is 14.0. The number of unbranched alkanes of at least 4 members (excludes halogenated alkanes) is 2. The predicted octanol–water partition coefficient (Wildman–Crippen LogP) is 2.31. The van der Waals surface area contributed by atoms with Crippen molar-refractivity contribution in [2.24, 2.45) is 40.2 Å². The molecule has 3 aliphatic carbocycles. The Morgan fingerprint density at radius 3 is 2.38 bits per heavy atom. The van der Waals surface area contributed by atoms with E-state index in [2.05, 4.69) is 6.92 Å². The highest BCUT2D eigenvalue weighted by Gasteiger charge is 2.75. The molecule has 4 rings (SSSR count). The number of aromatic hydroxyl groups is 1. The SMILES string of the molecule is CCCCCc1ccc(O)c2c1C[C@]1(C)C[C@]3(C)[C@@H](C(C)C)C(O)[C@@H](C(N)=O)C(=O)[C@]3(O)C(O)[C@H]1C2=O. The number of fused-ring (bicyclic) bond motifs is 3. The molecule has 0 aromatic heterocycles. The first-order chi connectivity index (χ1) is 17.2. The summed E-state index contributed by atoms with van der Waals surface area (Å²) in [5, 5.41) is 45.8. The van der Waals surface area contributed by atoms with Gasteiger partial charge in [0.25, 0.3) is 0 Å². The molecule has 8 atom stereocenters. The van der Waals surface area contributed by atoms with Crippen LogP contribution in [0.15, 0.2) is 12.1 Å². The Hall–Kier alpha value is -2.29. The molecule has 1 aromatic carbocycles. The summed E-state index contributed by atoms with van der Waals surface area (Å²) in [4.78, 5) is 40.0. The molecular formula is C29H41NO7. The van der Waals surface area contributed by atoms with Crippen LogP contribution in [0, 0.1) is 34.5 Å². The molecule has 0 spiro atoms. The third-order valence-electron chi connectivity index (χ3n) is 9.81. The molecule has 3 aliphatic rings. The number of nitrogens with two attached hydrogens (primary N) is 1. The predicted molar refractivity (Wildman–Crippen MR) is 137 cm³/mol. The Morgan fingerprint density at radius 2 is 1.81 bits per heavy atom. The van der Waals surface area contributed by atoms with E-state index in [9.17, 15) is 34.8 Å². The molecule has 0 radical (unpaired) electrons. The van der Waals surface area contributed by atoms with Gasteiger partial charge in [-0.25, -0.2) is 0 Å². The molecule has 6 N–H and O–H groups in total. The number of benzene rings is 1. The average molecular weight is 516 g/mol. The number of Topliss-reactive ketones (excluding diaryl/α,β-unsaturated/α-hetero) is 2. The summed E-state index contributed by atoms with van der Waals surface area (Å²) >= 11 is 0. The van der Waals surface area contributed by atoms with Gasteiger partial charge >= 0.3 is 0 Å². The molecule has 0 saturated heterocycles. The van der Waals surface area contributed by atoms with E-state index < -0.39 is 63.9 Å². The Bertz CT molecular complexity index is 1130. The Balaban J connectivity index is 1.91. The maximum absolute atomic E-state index is 14.0. The summed E-state index contributed by atoms with van der Waals surface area (Å²) in [5.74, 6) is -6.72. The van der Waals surface area contributed by atoms with Gasteiger partial charge in [-0.1, -0.05) is 53.5 Å². The highest BCUT2D eigenvalue weighted by molar-refractivity contribution is 6.09. The van der Waals surface area contributed by atoms with E-state index in [1.54, 1.807) is 6.92 Å². The van der Waals surface area contributed by atoms with Gasteiger partial charge in [0.2, 0.25) is 5.91 Å². The van der Waals surface area contributed by atoms with Crippen LogP contribution in [0.2, 0.25) is 0 Å². The fourth-order valence-electron chi connectivity index (χ4n) is 8.39. The summed E-state index contributed by atoms with van der Waals surface area (Å²) < 4.78 is 0. The number of aliphatic hydroxyl groups is 3. The van der Waals surface area contributed by atoms with Crippen LogP contribution in [-0.4, -0.2) is 55.7 Å². The van der Waals surface area contributed by atoms with Gasteiger partial charge in [0.15, 0.2) is 17.2 Å². The van der Waals surface area contributed by atoms with Crippen molar-refractivity contribution < 1.29 is 34.8 Å². The molecule has 1 aromatic rings. The minimum atomic E-state index is -2.48. The Morgan fingerprint density at radius 1 is 1.16 bits per heavy atom. The number of aliphatic hydroxyl groups excluding tert-OH is 2. The molecule has 2 fully saturated rings. The zero-order valence-electron chi connectivity index (χ0n) is 22.5. The van der Waals surface area contributed by atoms with E-state index >= 15 is 0 Å². The number of aryl methyl sites for hydroxylation is 1. The number of rotatable bonds is 6. The quantitative estimate of drug-likeness (QED) is 0.287. The zero-order valence-corrected chi connectivity index (χ0v) is 22.5. The van der Waals surface area contributed by atoms with Crippen molar-refractivity contribution in [3.63, 3.8) is 0 Å². The number of phenols is 1. The fourth-order valence-corrected chi connectivity index (χ4v) is 8.39. The van der Waals surface area contributed by atoms with Gasteiger partial charge < -0.3 is 26.2 Å². The van der Waals surface area contributed by atoms with Crippen LogP contribution in [-0.2, 0) is 22.4 Å². The van der Waals surface area contributed by atoms with Crippen molar-refractivity contribution in [3.8, 4) is 5.75 Å². The number of carbonyl (C=O) groups excluding carboxylic acids is 3. The third-order valence-corrected chi connectivity index (χ3v) is 9.81. The monoisotopic (exact) mass is 515 g/mol. The second kappa shape index (κ2) is 9.17. The van der Waals surface area contributed by atoms with Crippen molar-refractivity contribution in [1.29, 1.82) is 0 Å². The van der Waals surface area contributed by atoms with Crippen molar-refractivity contribution in [2.45, 2.75) is 91.0 Å². The lowest BCUT2D eigenvalue weighted by Crippen LogP contribution is -2.79. The van der Waals surface area contributed by atoms with E-state index in [0.717, 1.165) is 36.8 Å². The summed E-state index contributed by atoms with van der Waals surface area (Å²) in [6, 6.07) is 3.34. The summed E-state index contributed by atoms with van der Waals surface area (Å²) in [7, 11) is 0. The normalized spacial score (nSPS) is 39.2. The van der Waals surface area contributed by atoms with Crippen molar-refractivity contribution >= 4 is 17.5 Å². The van der Waals surface area contributed by atoms with Crippen LogP contribution in [0.4, 0.5) is 0 Å². The van der Waals surface area contributed by atoms with Crippen LogP contribution in [0.3, 0.4) is 0 Å². The van der Waals surface area contributed by atoms with E-state index in [1.165, 1.54) is 6.07 Å². The molecule has 8 heteroatoms. The van der Waals surface area contributed by atoms with Crippen molar-refractivity contribution in [2.75, 3.05) is 0 Å². The molecule has 8 nitrogen and oxygen atoms in total. The number of amides is 1. The van der Waals surface area contributed by atoms with Crippen LogP contribution in [0.25, 0.3) is 0 Å². The molecule has 1 amide bonds. The number of primary amides is 1. The molecule has 2 saturated carbocycles. The average Bonchev–Trinajstić information content (AvgIpc) is 2.77. The second-order valence-corrected chi connectivity index (χ2v) is 12.5. The maximum Gasteiger partial charge on any atom is 0.230 e. The van der Waals surface area contributed by atoms with Crippen LogP contribution in [0.5, 0.6) is 5.75 Å². The van der Waals surface area contributed by atoms with Gasteiger partial charge in [-0.3, -0.25) is 14.4 Å². The molecule has 0 heterocycles. The van der Waals surface area contributed by atoms with Gasteiger partial charge in [-0.05, 0) is 60.1 Å². The van der Waals surface area contributed by atoms with Gasteiger partial charge in [0.05, 0.1) is 17.6 Å². The first-order valence-corrected chi connectivity index (χ1v) is 13.5. The lowest BCUT2D eigenvalue weighted by Gasteiger charge is -2.66. The minimum Gasteiger partial charge on any atom is -0.507 e. The number of carbonyl (C=O) groups is 3. The molecule has 2 unspecified atom stereocenters. The van der Waals surface area contributed by atoms with Crippen LogP contribution in [0.1, 0.15) is 81.8 Å². The van der Waals surface area contributed by atoms with Gasteiger partial charge in [-0.15, -0.1) is 0 Å². The molecule has 0 bridgehead atoms. The Labute approximate surface area is 218 Å². The first kappa shape index (κ1) is 27.7. The number of hydrogen-bond acceptors (Lipinski definition) is 7. The number of phenolic OH excluding ortho intramolecular Hbond substituents is 1. The largest absolute Gasteiger partial charge is 0.507 e. The lowest BCUT2D eigenvalue weighted by molar-refractivity contribution is -0.265. The molecular weight excluding hydrogens is 474 g/mol. The van der Waals surface area contributed by atoms with E-state index in [1.807, 2.05) is 26.8 Å². The van der Waals surface area contributed by atoms with E-state index in [4.69, 9.17) is 5.73 Å². The van der Waals surface area contributed by atoms with Gasteiger partial charge in [0.1, 0.15) is 17.8 Å². The summed E-state index contributed by atoms with van der Waals surface area (Å²) in [6.45, 7) is 9.32. The van der Waals surface area contributed by atoms with Crippen LogP contribution < -0.4 is 5.73 Å².